The molecule has 0 fully saturated rings. The Morgan fingerprint density at radius 2 is 1.60 bits per heavy atom. The van der Waals surface area contributed by atoms with Crippen LogP contribution in [0, 0.1) is 0 Å². The number of hydrogen-bond donors (Lipinski definition) is 2. The second kappa shape index (κ2) is 9.74. The number of benzene rings is 3. The van der Waals surface area contributed by atoms with Crippen molar-refractivity contribution in [1.82, 2.24) is 0 Å². The monoisotopic (exact) mass is 470 g/mol. The lowest BCUT2D eigenvalue weighted by molar-refractivity contribution is -0.116. The van der Waals surface area contributed by atoms with Crippen molar-refractivity contribution < 1.29 is 19.0 Å². The molecule has 6 nitrogen and oxygen atoms in total. The Morgan fingerprint density at radius 1 is 0.857 bits per heavy atom. The van der Waals surface area contributed by atoms with Gasteiger partial charge in [-0.15, -0.1) is 0 Å². The Hall–Kier alpha value is -3.93. The molecule has 180 valence electrons. The van der Waals surface area contributed by atoms with Crippen molar-refractivity contribution in [2.75, 3.05) is 31.5 Å². The number of methoxy groups -OCH3 is 2. The number of fused-ring (bicyclic) bond motifs is 1. The van der Waals surface area contributed by atoms with Gasteiger partial charge in [-0.3, -0.25) is 4.79 Å². The highest BCUT2D eigenvalue weighted by Gasteiger charge is 2.37. The van der Waals surface area contributed by atoms with Gasteiger partial charge in [-0.1, -0.05) is 36.4 Å². The van der Waals surface area contributed by atoms with Crippen LogP contribution in [0.2, 0.25) is 0 Å². The smallest absolute Gasteiger partial charge is 0.163 e. The molecule has 2 unspecified atom stereocenters. The van der Waals surface area contributed by atoms with Crippen molar-refractivity contribution in [3.63, 3.8) is 0 Å². The zero-order valence-electron chi connectivity index (χ0n) is 20.3. The van der Waals surface area contributed by atoms with Crippen molar-refractivity contribution in [2.45, 2.75) is 31.7 Å². The number of rotatable bonds is 6. The summed E-state index contributed by atoms with van der Waals surface area (Å²) >= 11 is 0. The van der Waals surface area contributed by atoms with Crippen LogP contribution < -0.4 is 24.8 Å². The highest BCUT2D eigenvalue weighted by molar-refractivity contribution is 6.01. The van der Waals surface area contributed by atoms with Crippen LogP contribution in [-0.2, 0) is 4.79 Å². The molecule has 1 heterocycles. The van der Waals surface area contributed by atoms with E-state index in [1.165, 1.54) is 0 Å². The fourth-order valence-electron chi connectivity index (χ4n) is 5.08. The van der Waals surface area contributed by atoms with Gasteiger partial charge in [-0.05, 0) is 55.2 Å². The topological polar surface area (TPSA) is 68.8 Å². The number of carbonyl (C=O) groups is 1. The number of hydrogen-bond acceptors (Lipinski definition) is 6. The van der Waals surface area contributed by atoms with Crippen LogP contribution >= 0.6 is 0 Å². The molecule has 35 heavy (non-hydrogen) atoms. The van der Waals surface area contributed by atoms with Gasteiger partial charge >= 0.3 is 0 Å². The predicted molar refractivity (Wildman–Crippen MR) is 138 cm³/mol. The Kier molecular flexibility index (Phi) is 6.36. The maximum atomic E-state index is 13.8. The van der Waals surface area contributed by atoms with Gasteiger partial charge < -0.3 is 24.8 Å². The fourth-order valence-corrected chi connectivity index (χ4v) is 5.08. The average Bonchev–Trinajstić information content (AvgIpc) is 3.06. The Labute approximate surface area is 205 Å². The molecule has 1 aliphatic heterocycles. The first-order chi connectivity index (χ1) is 17.1. The van der Waals surface area contributed by atoms with Crippen LogP contribution in [0.5, 0.6) is 17.2 Å². The van der Waals surface area contributed by atoms with Crippen molar-refractivity contribution in [2.24, 2.45) is 0 Å². The zero-order chi connectivity index (χ0) is 24.4. The molecule has 0 saturated carbocycles. The molecule has 2 atom stereocenters. The summed E-state index contributed by atoms with van der Waals surface area (Å²) in [5.74, 6) is 2.30. The van der Waals surface area contributed by atoms with E-state index < -0.39 is 0 Å². The lowest BCUT2D eigenvalue weighted by Gasteiger charge is -2.30. The summed E-state index contributed by atoms with van der Waals surface area (Å²) in [6.07, 6.45) is 1.13. The SMILES string of the molecule is CCOc1ccc(C2CC(=O)C3=C(C2)Nc2ccccc2NC3c2ccccc2OC)cc1OC. The molecule has 0 aromatic heterocycles. The predicted octanol–water partition coefficient (Wildman–Crippen LogP) is 6.08. The number of anilines is 2. The second-order valence-electron chi connectivity index (χ2n) is 8.75. The highest BCUT2D eigenvalue weighted by Crippen LogP contribution is 2.46. The van der Waals surface area contributed by atoms with Crippen molar-refractivity contribution >= 4 is 17.2 Å². The molecule has 0 saturated heterocycles. The number of Topliss-reactive ketones (excluding diaryl/α,β-unsaturated/α-hetero) is 1. The third kappa shape index (κ3) is 4.32. The quantitative estimate of drug-likeness (QED) is 0.455. The largest absolute Gasteiger partial charge is 0.496 e. The summed E-state index contributed by atoms with van der Waals surface area (Å²) < 4.78 is 16.9. The van der Waals surface area contributed by atoms with Gasteiger partial charge in [0.1, 0.15) is 5.75 Å². The maximum Gasteiger partial charge on any atom is 0.163 e. The lowest BCUT2D eigenvalue weighted by atomic mass is 9.78. The van der Waals surface area contributed by atoms with Gasteiger partial charge in [0.05, 0.1) is 38.2 Å². The van der Waals surface area contributed by atoms with Crippen LogP contribution in [0.15, 0.2) is 78.0 Å². The van der Waals surface area contributed by atoms with Gasteiger partial charge in [0, 0.05) is 23.3 Å². The zero-order valence-corrected chi connectivity index (χ0v) is 20.3. The summed E-state index contributed by atoms with van der Waals surface area (Å²) in [6.45, 7) is 2.51. The minimum absolute atomic E-state index is 0.0295. The molecule has 6 heteroatoms. The third-order valence-corrected chi connectivity index (χ3v) is 6.72. The van der Waals surface area contributed by atoms with Crippen LogP contribution in [0.3, 0.4) is 0 Å². The van der Waals surface area contributed by atoms with Gasteiger partial charge in [0.15, 0.2) is 17.3 Å². The Balaban J connectivity index is 1.58. The molecular formula is C29H30N2O4. The normalized spacial score (nSPS) is 19.0. The van der Waals surface area contributed by atoms with Crippen LogP contribution in [0.1, 0.15) is 42.9 Å². The number of para-hydroxylation sites is 3. The fraction of sp³-hybridized carbons (Fsp3) is 0.276. The molecule has 0 bridgehead atoms. The maximum absolute atomic E-state index is 13.8. The molecule has 2 N–H and O–H groups in total. The summed E-state index contributed by atoms with van der Waals surface area (Å²) in [6, 6.07) is 21.6. The van der Waals surface area contributed by atoms with Crippen molar-refractivity contribution in [3.05, 3.63) is 89.1 Å². The first kappa shape index (κ1) is 22.8. The summed E-state index contributed by atoms with van der Waals surface area (Å²) in [5, 5.41) is 7.21. The molecular weight excluding hydrogens is 440 g/mol. The molecule has 0 spiro atoms. The van der Waals surface area contributed by atoms with Crippen molar-refractivity contribution in [3.8, 4) is 17.2 Å². The number of carbonyl (C=O) groups excluding carboxylic acids is 1. The van der Waals surface area contributed by atoms with Gasteiger partial charge in [-0.2, -0.15) is 0 Å². The molecule has 2 aliphatic rings. The Morgan fingerprint density at radius 3 is 2.37 bits per heavy atom. The first-order valence-electron chi connectivity index (χ1n) is 11.9. The molecule has 3 aromatic rings. The molecule has 1 aliphatic carbocycles. The van der Waals surface area contributed by atoms with E-state index in [9.17, 15) is 4.79 Å². The van der Waals surface area contributed by atoms with Gasteiger partial charge in [0.2, 0.25) is 0 Å². The van der Waals surface area contributed by atoms with Crippen LogP contribution in [0.25, 0.3) is 0 Å². The average molecular weight is 471 g/mol. The summed E-state index contributed by atoms with van der Waals surface area (Å²) in [5.41, 5.74) is 5.61. The minimum atomic E-state index is -0.319. The molecule has 0 radical (unpaired) electrons. The van der Waals surface area contributed by atoms with E-state index in [1.54, 1.807) is 14.2 Å². The summed E-state index contributed by atoms with van der Waals surface area (Å²) in [4.78, 5) is 13.8. The number of ether oxygens (including phenoxy) is 3. The van der Waals surface area contributed by atoms with Gasteiger partial charge in [0.25, 0.3) is 0 Å². The van der Waals surface area contributed by atoms with E-state index in [2.05, 4.69) is 10.6 Å². The number of allylic oxidation sites excluding steroid dienone is 1. The molecule has 0 amide bonds. The molecule has 5 rings (SSSR count). The van der Waals surface area contributed by atoms with Crippen LogP contribution in [-0.4, -0.2) is 26.6 Å². The summed E-state index contributed by atoms with van der Waals surface area (Å²) in [7, 11) is 3.30. The van der Waals surface area contributed by atoms with Crippen LogP contribution in [0.4, 0.5) is 11.4 Å². The van der Waals surface area contributed by atoms with E-state index in [0.717, 1.165) is 39.5 Å². The van der Waals surface area contributed by atoms with Crippen molar-refractivity contribution in [1.29, 1.82) is 0 Å². The highest BCUT2D eigenvalue weighted by atomic mass is 16.5. The minimum Gasteiger partial charge on any atom is -0.496 e. The standard InChI is InChI=1S/C29H30N2O4/c1-4-35-26-14-13-18(17-27(26)34-3)19-15-23-28(24(32)16-19)29(20-9-5-8-12-25(20)33-2)31-22-11-7-6-10-21(22)30-23/h5-14,17,19,29-31H,4,15-16H2,1-3H3. The van der Waals surface area contributed by atoms with Gasteiger partial charge in [-0.25, -0.2) is 0 Å². The molecule has 3 aromatic carbocycles. The number of nitrogens with one attached hydrogen (secondary N) is 2. The van der Waals surface area contributed by atoms with E-state index >= 15 is 0 Å². The van der Waals surface area contributed by atoms with E-state index in [1.807, 2.05) is 73.7 Å². The number of ketones is 1. The van der Waals surface area contributed by atoms with E-state index in [0.29, 0.717) is 30.9 Å². The third-order valence-electron chi connectivity index (χ3n) is 6.72. The first-order valence-corrected chi connectivity index (χ1v) is 11.9. The lowest BCUT2D eigenvalue weighted by Crippen LogP contribution is -2.27. The van der Waals surface area contributed by atoms with E-state index in [-0.39, 0.29) is 17.7 Å². The Bertz CT molecular complexity index is 1280. The second-order valence-corrected chi connectivity index (χ2v) is 8.75. The van der Waals surface area contributed by atoms with E-state index in [4.69, 9.17) is 14.2 Å².